The van der Waals surface area contributed by atoms with Gasteiger partial charge in [-0.1, -0.05) is 35.4 Å². The molecule has 0 saturated heterocycles. The van der Waals surface area contributed by atoms with Gasteiger partial charge in [-0.3, -0.25) is 14.4 Å². The number of methoxy groups -OCH3 is 1. The average molecular weight is 430 g/mol. The van der Waals surface area contributed by atoms with Gasteiger partial charge in [0, 0.05) is 11.1 Å². The van der Waals surface area contributed by atoms with Crippen molar-refractivity contribution in [3.05, 3.63) is 68.8 Å². The minimum absolute atomic E-state index is 0.104. The van der Waals surface area contributed by atoms with Crippen molar-refractivity contribution in [3.8, 4) is 0 Å². The van der Waals surface area contributed by atoms with Gasteiger partial charge in [0.05, 0.1) is 7.11 Å². The lowest BCUT2D eigenvalue weighted by atomic mass is 10.0. The van der Waals surface area contributed by atoms with E-state index in [2.05, 4.69) is 0 Å². The molecule has 154 valence electrons. The summed E-state index contributed by atoms with van der Waals surface area (Å²) in [6.07, 6.45) is 0. The van der Waals surface area contributed by atoms with Crippen LogP contribution in [0.4, 0.5) is 0 Å². The van der Waals surface area contributed by atoms with E-state index in [9.17, 15) is 14.4 Å². The lowest BCUT2D eigenvalue weighted by molar-refractivity contribution is -0.138. The molecule has 4 nitrogen and oxygen atoms in total. The lowest BCUT2D eigenvalue weighted by Gasteiger charge is -2.17. The van der Waals surface area contributed by atoms with E-state index >= 15 is 0 Å². The second-order valence-electron chi connectivity index (χ2n) is 7.45. The van der Waals surface area contributed by atoms with Crippen molar-refractivity contribution in [1.29, 1.82) is 0 Å². The van der Waals surface area contributed by atoms with Crippen LogP contribution >= 0.6 is 17.2 Å². The predicted octanol–water partition coefficient (Wildman–Crippen LogP) is 5.37. The first-order valence-electron chi connectivity index (χ1n) is 9.40. The summed E-state index contributed by atoms with van der Waals surface area (Å²) < 4.78 is 4.92. The Kier molecular flexibility index (Phi) is 7.86. The number of ether oxygens (including phenoxy) is 1. The maximum Gasteiger partial charge on any atom is 0.317 e. The Hall–Kier alpha value is -1.89. The van der Waals surface area contributed by atoms with Crippen LogP contribution in [-0.2, 0) is 9.53 Å². The molecule has 0 aromatic heterocycles. The van der Waals surface area contributed by atoms with Crippen LogP contribution in [0.25, 0.3) is 0 Å². The zero-order valence-corrected chi connectivity index (χ0v) is 20.0. The predicted molar refractivity (Wildman–Crippen MR) is 122 cm³/mol. The van der Waals surface area contributed by atoms with Gasteiger partial charge in [0.15, 0.2) is 11.0 Å². The van der Waals surface area contributed by atoms with Gasteiger partial charge in [-0.2, -0.15) is 0 Å². The molecule has 2 aromatic carbocycles. The van der Waals surface area contributed by atoms with Crippen molar-refractivity contribution in [2.24, 2.45) is 0 Å². The summed E-state index contributed by atoms with van der Waals surface area (Å²) in [7, 11) is 0.612. The van der Waals surface area contributed by atoms with E-state index in [1.54, 1.807) is 0 Å². The summed E-state index contributed by atoms with van der Waals surface area (Å²) in [6, 6.07) is 7.85. The molecule has 0 amide bonds. The molecule has 0 aliphatic carbocycles. The summed E-state index contributed by atoms with van der Waals surface area (Å²) in [6.45, 7) is 11.6. The zero-order chi connectivity index (χ0) is 21.9. The third-order valence-corrected chi connectivity index (χ3v) is 7.74. The Morgan fingerprint density at radius 3 is 1.28 bits per heavy atom. The van der Waals surface area contributed by atoms with E-state index in [1.165, 1.54) is 7.11 Å². The SMILES string of the molecule is COC(=O)C(PC(=O)c1c(C)cc(C)cc1C)PC(=O)c1c(C)cc(C)cc1C. The van der Waals surface area contributed by atoms with Gasteiger partial charge < -0.3 is 4.74 Å². The van der Waals surface area contributed by atoms with E-state index in [0.29, 0.717) is 11.1 Å². The molecule has 29 heavy (non-hydrogen) atoms. The van der Waals surface area contributed by atoms with Gasteiger partial charge in [0.2, 0.25) is 0 Å². The van der Waals surface area contributed by atoms with Crippen LogP contribution < -0.4 is 0 Å². The van der Waals surface area contributed by atoms with Crippen molar-refractivity contribution in [2.45, 2.75) is 46.9 Å². The molecule has 2 unspecified atom stereocenters. The minimum atomic E-state index is -0.750. The fraction of sp³-hybridized carbons (Fsp3) is 0.348. The number of hydrogen-bond acceptors (Lipinski definition) is 4. The van der Waals surface area contributed by atoms with Crippen molar-refractivity contribution in [2.75, 3.05) is 7.11 Å². The number of carbonyl (C=O) groups is 3. The topological polar surface area (TPSA) is 60.4 Å². The van der Waals surface area contributed by atoms with Crippen LogP contribution in [0.15, 0.2) is 24.3 Å². The molecule has 2 atom stereocenters. The van der Waals surface area contributed by atoms with Gasteiger partial charge in [0.25, 0.3) is 0 Å². The smallest absolute Gasteiger partial charge is 0.317 e. The van der Waals surface area contributed by atoms with Gasteiger partial charge in [-0.25, -0.2) is 0 Å². The summed E-state index contributed by atoms with van der Waals surface area (Å²) in [5.41, 5.74) is 6.82. The molecule has 0 aliphatic rings. The summed E-state index contributed by atoms with van der Waals surface area (Å²) in [5.74, 6) is -0.506. The van der Waals surface area contributed by atoms with Gasteiger partial charge in [-0.05, 0) is 81.0 Å². The zero-order valence-electron chi connectivity index (χ0n) is 18.0. The number of hydrogen-bond donors (Lipinski definition) is 0. The second kappa shape index (κ2) is 9.74. The lowest BCUT2D eigenvalue weighted by Crippen LogP contribution is -2.18. The molecule has 2 rings (SSSR count). The molecule has 0 aliphatic heterocycles. The van der Waals surface area contributed by atoms with E-state index in [1.807, 2.05) is 65.8 Å². The number of aryl methyl sites for hydroxylation is 6. The molecular formula is C23H28O4P2. The molecular weight excluding hydrogens is 402 g/mol. The molecule has 0 spiro atoms. The highest BCUT2D eigenvalue weighted by Gasteiger charge is 2.28. The van der Waals surface area contributed by atoms with Gasteiger partial charge >= 0.3 is 5.97 Å². The number of benzene rings is 2. The fourth-order valence-corrected chi connectivity index (χ4v) is 6.90. The third-order valence-electron chi connectivity index (χ3n) is 4.80. The quantitative estimate of drug-likeness (QED) is 0.438. The average Bonchev–Trinajstić information content (AvgIpc) is 2.58. The molecule has 0 heterocycles. The highest BCUT2D eigenvalue weighted by atomic mass is 31.1. The highest BCUT2D eigenvalue weighted by molar-refractivity contribution is 7.77. The molecule has 0 fully saturated rings. The molecule has 6 heteroatoms. The monoisotopic (exact) mass is 430 g/mol. The Bertz CT molecular complexity index is 861. The van der Waals surface area contributed by atoms with Crippen LogP contribution in [0.2, 0.25) is 0 Å². The Morgan fingerprint density at radius 2 is 1.00 bits per heavy atom. The highest BCUT2D eigenvalue weighted by Crippen LogP contribution is 2.41. The van der Waals surface area contributed by atoms with E-state index < -0.39 is 11.4 Å². The first-order valence-corrected chi connectivity index (χ1v) is 11.6. The fourth-order valence-electron chi connectivity index (χ4n) is 3.75. The van der Waals surface area contributed by atoms with Crippen molar-refractivity contribution >= 4 is 34.2 Å². The number of carbonyl (C=O) groups excluding carboxylic acids is 3. The van der Waals surface area contributed by atoms with Gasteiger partial charge in [-0.15, -0.1) is 0 Å². The second-order valence-corrected chi connectivity index (χ2v) is 10.7. The van der Waals surface area contributed by atoms with Crippen molar-refractivity contribution in [3.63, 3.8) is 0 Å². The first kappa shape index (κ1) is 23.4. The molecule has 2 aromatic rings. The summed E-state index contributed by atoms with van der Waals surface area (Å²) in [4.78, 5) is 38.4. The van der Waals surface area contributed by atoms with E-state index in [4.69, 9.17) is 4.74 Å². The Labute approximate surface area is 176 Å². The van der Waals surface area contributed by atoms with E-state index in [0.717, 1.165) is 33.4 Å². The van der Waals surface area contributed by atoms with Crippen molar-refractivity contribution in [1.82, 2.24) is 0 Å². The van der Waals surface area contributed by atoms with Crippen LogP contribution in [0.3, 0.4) is 0 Å². The van der Waals surface area contributed by atoms with E-state index in [-0.39, 0.29) is 28.2 Å². The molecule has 0 saturated carbocycles. The number of esters is 1. The maximum absolute atomic E-state index is 13.0. The number of rotatable bonds is 7. The first-order chi connectivity index (χ1) is 13.5. The Balaban J connectivity index is 2.31. The molecule has 0 N–H and O–H groups in total. The summed E-state index contributed by atoms with van der Waals surface area (Å²) in [5, 5.41) is -0.750. The third kappa shape index (κ3) is 5.59. The van der Waals surface area contributed by atoms with Crippen molar-refractivity contribution < 1.29 is 19.1 Å². The minimum Gasteiger partial charge on any atom is -0.468 e. The van der Waals surface area contributed by atoms with Crippen LogP contribution in [0.5, 0.6) is 0 Å². The standard InChI is InChI=1S/C23H28O4P2/c1-12-8-14(3)18(15(4)9-12)21(25)28-23(20(24)27-7)29-22(26)19-16(5)10-13(2)11-17(19)6/h8-11,23,28-29H,1-7H3. The Morgan fingerprint density at radius 1 is 0.690 bits per heavy atom. The van der Waals surface area contributed by atoms with Gasteiger partial charge in [0.1, 0.15) is 5.40 Å². The largest absolute Gasteiger partial charge is 0.468 e. The molecule has 0 radical (unpaired) electrons. The summed E-state index contributed by atoms with van der Waals surface area (Å²) >= 11 is 0. The van der Waals surface area contributed by atoms with Crippen LogP contribution in [0.1, 0.15) is 54.1 Å². The normalized spacial score (nSPS) is 12.7. The maximum atomic E-state index is 13.0. The van der Waals surface area contributed by atoms with Crippen LogP contribution in [0, 0.1) is 41.5 Å². The molecule has 0 bridgehead atoms. The van der Waals surface area contributed by atoms with Crippen LogP contribution in [-0.4, -0.2) is 29.5 Å².